The topological polar surface area (TPSA) is 190 Å². The Balaban J connectivity index is 1.29. The average molecular weight is 592 g/mol. The highest BCUT2D eigenvalue weighted by molar-refractivity contribution is 6.21. The lowest BCUT2D eigenvalue weighted by Gasteiger charge is -2.41. The predicted octanol–water partition coefficient (Wildman–Crippen LogP) is 1.20. The number of carbonyl (C=O) groups excluding carboxylic acids is 2. The number of hydrogen-bond acceptors (Lipinski definition) is 10. The van der Waals surface area contributed by atoms with E-state index in [-0.39, 0.29) is 18.3 Å². The fourth-order valence-electron chi connectivity index (χ4n) is 5.22. The number of aliphatic hydroxyl groups excluding tert-OH is 3. The van der Waals surface area contributed by atoms with Gasteiger partial charge in [-0.05, 0) is 12.3 Å². The average Bonchev–Trinajstić information content (AvgIpc) is 3.46. The molecular formula is C29H49N7O6. The molecule has 42 heavy (non-hydrogen) atoms. The van der Waals surface area contributed by atoms with Crippen molar-refractivity contribution in [1.29, 1.82) is 0 Å². The number of amidine groups is 2. The second-order valence-electron chi connectivity index (χ2n) is 11.6. The first-order valence-corrected chi connectivity index (χ1v) is 15.4. The molecule has 13 nitrogen and oxygen atoms in total. The highest BCUT2D eigenvalue weighted by Crippen LogP contribution is 2.23. The third kappa shape index (κ3) is 10.8. The van der Waals surface area contributed by atoms with E-state index in [1.54, 1.807) is 0 Å². The molecule has 6 N–H and O–H groups in total. The van der Waals surface area contributed by atoms with Crippen LogP contribution in [-0.2, 0) is 14.3 Å². The van der Waals surface area contributed by atoms with Gasteiger partial charge in [0.25, 0.3) is 0 Å². The third-order valence-electron chi connectivity index (χ3n) is 7.70. The molecule has 6 unspecified atom stereocenters. The first-order chi connectivity index (χ1) is 20.3. The summed E-state index contributed by atoms with van der Waals surface area (Å²) in [6.45, 7) is 3.72. The number of aliphatic hydroxyl groups is 3. The van der Waals surface area contributed by atoms with E-state index >= 15 is 0 Å². The number of nitrogens with one attached hydrogen (secondary N) is 3. The summed E-state index contributed by atoms with van der Waals surface area (Å²) in [5.74, 6) is 0.756. The molecule has 3 heterocycles. The van der Waals surface area contributed by atoms with E-state index in [0.29, 0.717) is 12.3 Å². The number of rotatable bonds is 18. The Morgan fingerprint density at radius 1 is 1.00 bits per heavy atom. The summed E-state index contributed by atoms with van der Waals surface area (Å²) in [4.78, 5) is 41.3. The number of hydrogen-bond donors (Lipinski definition) is 6. The molecule has 0 aromatic carbocycles. The van der Waals surface area contributed by atoms with Gasteiger partial charge in [-0.15, -0.1) is 0 Å². The van der Waals surface area contributed by atoms with Gasteiger partial charge in [-0.25, -0.2) is 15.0 Å². The Kier molecular flexibility index (Phi) is 14.5. The lowest BCUT2D eigenvalue weighted by Crippen LogP contribution is -2.64. The van der Waals surface area contributed by atoms with Crippen molar-refractivity contribution < 1.29 is 29.6 Å². The second kappa shape index (κ2) is 18.0. The monoisotopic (exact) mass is 591 g/mol. The van der Waals surface area contributed by atoms with Crippen molar-refractivity contribution in [3.05, 3.63) is 0 Å². The number of nitrogens with zero attached hydrogens (tertiary/aromatic N) is 4. The summed E-state index contributed by atoms with van der Waals surface area (Å²) in [5, 5.41) is 39.2. The lowest BCUT2D eigenvalue weighted by molar-refractivity contribution is -0.190. The maximum absolute atomic E-state index is 12.5. The molecule has 1 fully saturated rings. The van der Waals surface area contributed by atoms with Gasteiger partial charge in [-0.3, -0.25) is 14.6 Å². The molecule has 0 spiro atoms. The lowest BCUT2D eigenvalue weighted by atomic mass is 9.95. The molecule has 0 aromatic heterocycles. The smallest absolute Gasteiger partial charge is 0.239 e. The SMILES string of the molecule is CC(C)CCCCCCCCCCCCC(=O)NCC(=O)NC1C(CO)OC(/N=C2\N=CNC3=NC=NC32)C(O)C1O. The van der Waals surface area contributed by atoms with Crippen molar-refractivity contribution in [2.24, 2.45) is 25.9 Å². The minimum atomic E-state index is -1.51. The van der Waals surface area contributed by atoms with Crippen molar-refractivity contribution in [3.63, 3.8) is 0 Å². The molecule has 0 saturated carbocycles. The molecule has 0 bridgehead atoms. The minimum absolute atomic E-state index is 0.221. The van der Waals surface area contributed by atoms with E-state index in [0.717, 1.165) is 25.2 Å². The van der Waals surface area contributed by atoms with E-state index in [1.165, 1.54) is 64.0 Å². The van der Waals surface area contributed by atoms with Crippen molar-refractivity contribution in [2.45, 2.75) is 128 Å². The first-order valence-electron chi connectivity index (χ1n) is 15.4. The zero-order chi connectivity index (χ0) is 30.3. The highest BCUT2D eigenvalue weighted by Gasteiger charge is 2.45. The fourth-order valence-corrected chi connectivity index (χ4v) is 5.22. The molecule has 0 radical (unpaired) electrons. The number of carbonyl (C=O) groups is 2. The molecule has 3 aliphatic rings. The Labute approximate surface area is 248 Å². The molecule has 2 amide bonds. The van der Waals surface area contributed by atoms with E-state index in [1.807, 2.05) is 0 Å². The zero-order valence-electron chi connectivity index (χ0n) is 25.0. The van der Waals surface area contributed by atoms with Crippen LogP contribution >= 0.6 is 0 Å². The summed E-state index contributed by atoms with van der Waals surface area (Å²) in [5.41, 5.74) is 0. The summed E-state index contributed by atoms with van der Waals surface area (Å²) < 4.78 is 5.70. The first kappa shape index (κ1) is 33.8. The van der Waals surface area contributed by atoms with E-state index < -0.39 is 49.1 Å². The summed E-state index contributed by atoms with van der Waals surface area (Å²) in [6.07, 6.45) is 11.0. The number of amides is 2. The standard InChI is InChI=1S/C29H49N7O6/c1-19(2)13-11-9-7-5-3-4-6-8-10-12-14-21(38)30-15-22(39)35-23-20(16-37)42-29(26(41)25(23)40)36-28-24-27(32-17-31-24)33-18-34-28/h17-20,23-26,29,37,40-41H,3-16H2,1-2H3,(H,30,38)(H,35,39)(H,31,32,33,34,36). The Bertz CT molecular complexity index is 984. The normalized spacial score (nSPS) is 27.6. The maximum atomic E-state index is 12.5. The van der Waals surface area contributed by atoms with Gasteiger partial charge in [0.05, 0.1) is 25.5 Å². The number of fused-ring (bicyclic) bond motifs is 1. The van der Waals surface area contributed by atoms with Crippen molar-refractivity contribution >= 4 is 36.2 Å². The highest BCUT2D eigenvalue weighted by atomic mass is 16.5. The van der Waals surface area contributed by atoms with Gasteiger partial charge >= 0.3 is 0 Å². The van der Waals surface area contributed by atoms with Gasteiger partial charge in [0.1, 0.15) is 30.5 Å². The van der Waals surface area contributed by atoms with Gasteiger partial charge in [0.15, 0.2) is 18.1 Å². The zero-order valence-corrected chi connectivity index (χ0v) is 25.0. The van der Waals surface area contributed by atoms with Crippen LogP contribution in [0.5, 0.6) is 0 Å². The van der Waals surface area contributed by atoms with Crippen molar-refractivity contribution in [1.82, 2.24) is 16.0 Å². The van der Waals surface area contributed by atoms with Gasteiger partial charge in [-0.1, -0.05) is 78.1 Å². The van der Waals surface area contributed by atoms with Crippen molar-refractivity contribution in [3.8, 4) is 0 Å². The van der Waals surface area contributed by atoms with Crippen LogP contribution in [0.2, 0.25) is 0 Å². The number of ether oxygens (including phenoxy) is 1. The minimum Gasteiger partial charge on any atom is -0.394 e. The van der Waals surface area contributed by atoms with Crippen molar-refractivity contribution in [2.75, 3.05) is 13.2 Å². The summed E-state index contributed by atoms with van der Waals surface area (Å²) in [7, 11) is 0. The molecule has 6 atom stereocenters. The predicted molar refractivity (Wildman–Crippen MR) is 162 cm³/mol. The van der Waals surface area contributed by atoms with Crippen LogP contribution in [0, 0.1) is 5.92 Å². The molecular weight excluding hydrogens is 542 g/mol. The van der Waals surface area contributed by atoms with Crippen LogP contribution in [0.4, 0.5) is 0 Å². The Morgan fingerprint density at radius 2 is 1.67 bits per heavy atom. The summed E-state index contributed by atoms with van der Waals surface area (Å²) in [6, 6.07) is -1.68. The van der Waals surface area contributed by atoms with Gasteiger partial charge < -0.3 is 36.0 Å². The largest absolute Gasteiger partial charge is 0.394 e. The molecule has 3 rings (SSSR count). The molecule has 236 valence electrons. The fraction of sp³-hybridized carbons (Fsp3) is 0.793. The Hall–Kier alpha value is -2.74. The van der Waals surface area contributed by atoms with Gasteiger partial charge in [-0.2, -0.15) is 0 Å². The van der Waals surface area contributed by atoms with Gasteiger partial charge in [0, 0.05) is 6.42 Å². The van der Waals surface area contributed by atoms with E-state index in [4.69, 9.17) is 4.74 Å². The quantitative estimate of drug-likeness (QED) is 0.129. The van der Waals surface area contributed by atoms with E-state index in [9.17, 15) is 24.9 Å². The number of unbranched alkanes of at least 4 members (excludes halogenated alkanes) is 9. The van der Waals surface area contributed by atoms with Crippen LogP contribution in [0.1, 0.15) is 90.9 Å². The van der Waals surface area contributed by atoms with Crippen LogP contribution in [0.3, 0.4) is 0 Å². The molecule has 1 saturated heterocycles. The summed E-state index contributed by atoms with van der Waals surface area (Å²) >= 11 is 0. The van der Waals surface area contributed by atoms with Crippen LogP contribution in [0.15, 0.2) is 20.0 Å². The van der Waals surface area contributed by atoms with Crippen LogP contribution in [0.25, 0.3) is 0 Å². The number of aliphatic imine (C=N–C) groups is 4. The Morgan fingerprint density at radius 3 is 2.33 bits per heavy atom. The van der Waals surface area contributed by atoms with Crippen LogP contribution < -0.4 is 16.0 Å². The third-order valence-corrected chi connectivity index (χ3v) is 7.70. The molecule has 13 heteroatoms. The second-order valence-corrected chi connectivity index (χ2v) is 11.6. The molecule has 0 aromatic rings. The molecule has 0 aliphatic carbocycles. The molecule has 3 aliphatic heterocycles. The maximum Gasteiger partial charge on any atom is 0.239 e. The van der Waals surface area contributed by atoms with E-state index in [2.05, 4.69) is 49.8 Å². The van der Waals surface area contributed by atoms with Crippen LogP contribution in [-0.4, -0.2) is 101 Å². The van der Waals surface area contributed by atoms with Gasteiger partial charge in [0.2, 0.25) is 11.8 Å².